The zero-order chi connectivity index (χ0) is 11.2. The van der Waals surface area contributed by atoms with E-state index in [9.17, 15) is 0 Å². The summed E-state index contributed by atoms with van der Waals surface area (Å²) >= 11 is 0. The van der Waals surface area contributed by atoms with E-state index in [0.29, 0.717) is 11.8 Å². The Hall–Kier alpha value is -1.36. The van der Waals surface area contributed by atoms with Gasteiger partial charge in [-0.3, -0.25) is 0 Å². The molecule has 0 aliphatic heterocycles. The van der Waals surface area contributed by atoms with Gasteiger partial charge in [-0.1, -0.05) is 0 Å². The number of rotatable bonds is 7. The second-order valence-electron chi connectivity index (χ2n) is 4.10. The van der Waals surface area contributed by atoms with Crippen LogP contribution in [0.2, 0.25) is 0 Å². The summed E-state index contributed by atoms with van der Waals surface area (Å²) in [5.74, 6) is 1.91. The van der Waals surface area contributed by atoms with Gasteiger partial charge >= 0.3 is 0 Å². The molecule has 1 aromatic rings. The van der Waals surface area contributed by atoms with E-state index in [1.807, 2.05) is 0 Å². The monoisotopic (exact) mass is 222 g/mol. The predicted octanol–water partition coefficient (Wildman–Crippen LogP) is 1.29. The van der Waals surface area contributed by atoms with Gasteiger partial charge in [0.25, 0.3) is 0 Å². The van der Waals surface area contributed by atoms with Gasteiger partial charge in [0.05, 0.1) is 0 Å². The number of hydrogen-bond acceptors (Lipinski definition) is 5. The van der Waals surface area contributed by atoms with Crippen LogP contribution in [0, 0.1) is 5.92 Å². The van der Waals surface area contributed by atoms with Crippen molar-refractivity contribution in [1.82, 2.24) is 9.97 Å². The number of hydrogen-bond donors (Lipinski definition) is 2. The molecule has 0 unspecified atom stereocenters. The maximum atomic E-state index is 5.53. The third-order valence-corrected chi connectivity index (χ3v) is 2.48. The molecule has 0 saturated heterocycles. The van der Waals surface area contributed by atoms with Gasteiger partial charge in [0, 0.05) is 26.0 Å². The summed E-state index contributed by atoms with van der Waals surface area (Å²) in [4.78, 5) is 8.10. The Labute approximate surface area is 95.4 Å². The van der Waals surface area contributed by atoms with E-state index in [0.717, 1.165) is 32.1 Å². The normalized spacial score (nSPS) is 15.0. The van der Waals surface area contributed by atoms with Crippen molar-refractivity contribution in [3.63, 3.8) is 0 Å². The van der Waals surface area contributed by atoms with Crippen molar-refractivity contribution in [2.24, 2.45) is 5.92 Å². The summed E-state index contributed by atoms with van der Waals surface area (Å²) in [6, 6.07) is 1.67. The molecule has 1 fully saturated rings. The van der Waals surface area contributed by atoms with Crippen molar-refractivity contribution < 1.29 is 4.74 Å². The minimum Gasteiger partial charge on any atom is -0.384 e. The van der Waals surface area contributed by atoms with Crippen molar-refractivity contribution in [3.8, 4) is 0 Å². The summed E-state index contributed by atoms with van der Waals surface area (Å²) in [5, 5.41) is 3.11. The Bertz CT molecular complexity index is 328. The molecule has 1 aromatic heterocycles. The van der Waals surface area contributed by atoms with Crippen LogP contribution in [-0.2, 0) is 4.74 Å². The molecular weight excluding hydrogens is 204 g/mol. The molecule has 88 valence electrons. The van der Waals surface area contributed by atoms with Crippen LogP contribution in [0.5, 0.6) is 0 Å². The van der Waals surface area contributed by atoms with Crippen molar-refractivity contribution in [2.75, 3.05) is 30.8 Å². The highest BCUT2D eigenvalue weighted by Gasteiger charge is 2.20. The highest BCUT2D eigenvalue weighted by Crippen LogP contribution is 2.28. The molecule has 5 heteroatoms. The Kier molecular flexibility index (Phi) is 3.93. The molecule has 1 aliphatic rings. The highest BCUT2D eigenvalue weighted by atomic mass is 16.5. The lowest BCUT2D eigenvalue weighted by molar-refractivity contribution is 0.124. The van der Waals surface area contributed by atoms with Crippen LogP contribution in [-0.4, -0.2) is 29.7 Å². The molecule has 0 spiro atoms. The van der Waals surface area contributed by atoms with Crippen LogP contribution < -0.4 is 11.1 Å². The smallest absolute Gasteiger partial charge is 0.224 e. The van der Waals surface area contributed by atoms with E-state index in [4.69, 9.17) is 10.5 Å². The van der Waals surface area contributed by atoms with Crippen LogP contribution in [0.1, 0.15) is 19.3 Å². The fourth-order valence-corrected chi connectivity index (χ4v) is 1.37. The molecule has 1 saturated carbocycles. The van der Waals surface area contributed by atoms with E-state index < -0.39 is 0 Å². The van der Waals surface area contributed by atoms with E-state index >= 15 is 0 Å². The SMILES string of the molecule is Nc1ccnc(NCCCOCC2CC2)n1. The van der Waals surface area contributed by atoms with Crippen LogP contribution >= 0.6 is 0 Å². The van der Waals surface area contributed by atoms with E-state index in [1.165, 1.54) is 12.8 Å². The summed E-state index contributed by atoms with van der Waals surface area (Å²) in [5.41, 5.74) is 5.53. The molecule has 0 radical (unpaired) electrons. The maximum Gasteiger partial charge on any atom is 0.224 e. The van der Waals surface area contributed by atoms with Crippen LogP contribution in [0.4, 0.5) is 11.8 Å². The number of aromatic nitrogens is 2. The lowest BCUT2D eigenvalue weighted by atomic mass is 10.4. The Morgan fingerprint density at radius 1 is 1.50 bits per heavy atom. The number of nitrogens with two attached hydrogens (primary N) is 1. The largest absolute Gasteiger partial charge is 0.384 e. The molecule has 16 heavy (non-hydrogen) atoms. The highest BCUT2D eigenvalue weighted by molar-refractivity contribution is 5.34. The van der Waals surface area contributed by atoms with Gasteiger partial charge in [-0.15, -0.1) is 0 Å². The molecule has 2 rings (SSSR count). The number of nitrogens with zero attached hydrogens (tertiary/aromatic N) is 2. The number of nitrogen functional groups attached to an aromatic ring is 1. The van der Waals surface area contributed by atoms with Crippen LogP contribution in [0.3, 0.4) is 0 Å². The van der Waals surface area contributed by atoms with E-state index in [-0.39, 0.29) is 0 Å². The fraction of sp³-hybridized carbons (Fsp3) is 0.636. The van der Waals surface area contributed by atoms with E-state index in [1.54, 1.807) is 12.3 Å². The molecule has 3 N–H and O–H groups in total. The van der Waals surface area contributed by atoms with Gasteiger partial charge in [-0.25, -0.2) is 4.98 Å². The first-order valence-corrected chi connectivity index (χ1v) is 5.75. The van der Waals surface area contributed by atoms with Gasteiger partial charge in [-0.2, -0.15) is 4.98 Å². The quantitative estimate of drug-likeness (QED) is 0.680. The average Bonchev–Trinajstić information content (AvgIpc) is 3.07. The second-order valence-corrected chi connectivity index (χ2v) is 4.10. The average molecular weight is 222 g/mol. The minimum atomic E-state index is 0.488. The number of nitrogens with one attached hydrogen (secondary N) is 1. The van der Waals surface area contributed by atoms with E-state index in [2.05, 4.69) is 15.3 Å². The first kappa shape index (κ1) is 11.1. The van der Waals surface area contributed by atoms with Gasteiger partial charge in [0.2, 0.25) is 5.95 Å². The molecule has 1 aliphatic carbocycles. The van der Waals surface area contributed by atoms with Crippen LogP contribution in [0.15, 0.2) is 12.3 Å². The second kappa shape index (κ2) is 5.65. The molecule has 5 nitrogen and oxygen atoms in total. The molecule has 0 amide bonds. The zero-order valence-corrected chi connectivity index (χ0v) is 9.35. The molecular formula is C11H18N4O. The third kappa shape index (κ3) is 4.02. The molecule has 0 atom stereocenters. The maximum absolute atomic E-state index is 5.53. The minimum absolute atomic E-state index is 0.488. The lowest BCUT2D eigenvalue weighted by Crippen LogP contribution is -2.09. The third-order valence-electron chi connectivity index (χ3n) is 2.48. The van der Waals surface area contributed by atoms with Crippen molar-refractivity contribution >= 4 is 11.8 Å². The number of ether oxygens (including phenoxy) is 1. The summed E-state index contributed by atoms with van der Waals surface area (Å²) < 4.78 is 5.51. The molecule has 0 bridgehead atoms. The summed E-state index contributed by atoms with van der Waals surface area (Å²) in [6.07, 6.45) is 5.30. The predicted molar refractivity (Wildman–Crippen MR) is 63.1 cm³/mol. The van der Waals surface area contributed by atoms with Crippen molar-refractivity contribution in [3.05, 3.63) is 12.3 Å². The van der Waals surface area contributed by atoms with Crippen LogP contribution in [0.25, 0.3) is 0 Å². The van der Waals surface area contributed by atoms with Crippen molar-refractivity contribution in [2.45, 2.75) is 19.3 Å². The van der Waals surface area contributed by atoms with Gasteiger partial charge in [-0.05, 0) is 31.2 Å². The first-order valence-electron chi connectivity index (χ1n) is 5.75. The lowest BCUT2D eigenvalue weighted by Gasteiger charge is -2.05. The van der Waals surface area contributed by atoms with Gasteiger partial charge < -0.3 is 15.8 Å². The Morgan fingerprint density at radius 3 is 3.12 bits per heavy atom. The summed E-state index contributed by atoms with van der Waals surface area (Å²) in [7, 11) is 0. The van der Waals surface area contributed by atoms with Gasteiger partial charge in [0.1, 0.15) is 5.82 Å². The summed E-state index contributed by atoms with van der Waals surface area (Å²) in [6.45, 7) is 2.54. The van der Waals surface area contributed by atoms with Crippen molar-refractivity contribution in [1.29, 1.82) is 0 Å². The number of anilines is 2. The molecule has 1 heterocycles. The Morgan fingerprint density at radius 2 is 2.38 bits per heavy atom. The van der Waals surface area contributed by atoms with Gasteiger partial charge in [0.15, 0.2) is 0 Å². The zero-order valence-electron chi connectivity index (χ0n) is 9.35. The topological polar surface area (TPSA) is 73.1 Å². The molecule has 0 aromatic carbocycles. The standard InChI is InChI=1S/C11H18N4O/c12-10-4-6-14-11(15-10)13-5-1-7-16-8-9-2-3-9/h4,6,9H,1-3,5,7-8H2,(H3,12,13,14,15). The fourth-order valence-electron chi connectivity index (χ4n) is 1.37. The first-order chi connectivity index (χ1) is 7.84. The Balaban J connectivity index is 1.53.